The van der Waals surface area contributed by atoms with Gasteiger partial charge in [-0.15, -0.1) is 0 Å². The molecule has 5 heteroatoms. The minimum atomic E-state index is -1.44. The summed E-state index contributed by atoms with van der Waals surface area (Å²) in [4.78, 5) is 22.9. The van der Waals surface area contributed by atoms with Crippen LogP contribution in [0.4, 0.5) is 0 Å². The molecule has 0 spiro atoms. The molecule has 0 aliphatic heterocycles. The van der Waals surface area contributed by atoms with Gasteiger partial charge in [0.2, 0.25) is 0 Å². The molecule has 1 amide bonds. The van der Waals surface area contributed by atoms with Gasteiger partial charge >= 0.3 is 11.9 Å². The maximum Gasteiger partial charge on any atom is 0.394 e. The fraction of sp³-hybridized carbons (Fsp3) is 0.231. The molecule has 0 bridgehead atoms. The number of carboxylic acid groups (broad SMARTS) is 1. The van der Waals surface area contributed by atoms with E-state index in [1.807, 2.05) is 24.3 Å². The second kappa shape index (κ2) is 4.91. The first-order valence-electron chi connectivity index (χ1n) is 5.53. The summed E-state index contributed by atoms with van der Waals surface area (Å²) < 4.78 is 5.37. The first kappa shape index (κ1) is 12.2. The van der Waals surface area contributed by atoms with Crippen molar-refractivity contribution in [2.75, 3.05) is 13.6 Å². The van der Waals surface area contributed by atoms with Crippen molar-refractivity contribution >= 4 is 22.8 Å². The van der Waals surface area contributed by atoms with Crippen LogP contribution in [-0.2, 0) is 16.0 Å². The van der Waals surface area contributed by atoms with E-state index in [-0.39, 0.29) is 0 Å². The highest BCUT2D eigenvalue weighted by Crippen LogP contribution is 2.21. The molecule has 1 aromatic carbocycles. The SMILES string of the molecule is CN(CCc1coc2ccccc12)C(=O)C(=O)O. The van der Waals surface area contributed by atoms with E-state index in [9.17, 15) is 9.59 Å². The minimum Gasteiger partial charge on any atom is -0.474 e. The molecule has 0 aliphatic carbocycles. The lowest BCUT2D eigenvalue weighted by atomic mass is 10.1. The number of carboxylic acids is 1. The van der Waals surface area contributed by atoms with Gasteiger partial charge in [-0.25, -0.2) is 4.79 Å². The molecule has 0 saturated heterocycles. The van der Waals surface area contributed by atoms with Gasteiger partial charge in [0.15, 0.2) is 0 Å². The zero-order valence-electron chi connectivity index (χ0n) is 9.92. The quantitative estimate of drug-likeness (QED) is 0.835. The Kier molecular flexibility index (Phi) is 3.32. The zero-order valence-corrected chi connectivity index (χ0v) is 9.92. The summed E-state index contributed by atoms with van der Waals surface area (Å²) in [5.41, 5.74) is 1.76. The van der Waals surface area contributed by atoms with Crippen molar-refractivity contribution in [1.29, 1.82) is 0 Å². The van der Waals surface area contributed by atoms with Gasteiger partial charge in [0.25, 0.3) is 0 Å². The minimum absolute atomic E-state index is 0.342. The fourth-order valence-electron chi connectivity index (χ4n) is 1.78. The van der Waals surface area contributed by atoms with Gasteiger partial charge in [-0.1, -0.05) is 18.2 Å². The van der Waals surface area contributed by atoms with Gasteiger partial charge in [-0.05, 0) is 18.1 Å². The Balaban J connectivity index is 2.06. The summed E-state index contributed by atoms with van der Waals surface area (Å²) in [5, 5.41) is 9.57. The van der Waals surface area contributed by atoms with Crippen LogP contribution in [0.5, 0.6) is 0 Å². The van der Waals surface area contributed by atoms with Crippen LogP contribution in [0.15, 0.2) is 34.9 Å². The largest absolute Gasteiger partial charge is 0.474 e. The van der Waals surface area contributed by atoms with E-state index in [2.05, 4.69) is 0 Å². The van der Waals surface area contributed by atoms with Crippen LogP contribution < -0.4 is 0 Å². The molecule has 18 heavy (non-hydrogen) atoms. The Morgan fingerprint density at radius 1 is 1.33 bits per heavy atom. The molecule has 0 fully saturated rings. The van der Waals surface area contributed by atoms with Crippen molar-refractivity contribution < 1.29 is 19.1 Å². The molecule has 0 atom stereocenters. The number of amides is 1. The van der Waals surface area contributed by atoms with E-state index in [0.29, 0.717) is 13.0 Å². The van der Waals surface area contributed by atoms with Crippen molar-refractivity contribution in [3.63, 3.8) is 0 Å². The summed E-state index contributed by atoms with van der Waals surface area (Å²) >= 11 is 0. The molecule has 2 aromatic rings. The van der Waals surface area contributed by atoms with Crippen LogP contribution >= 0.6 is 0 Å². The molecule has 0 aliphatic rings. The van der Waals surface area contributed by atoms with Crippen molar-refractivity contribution in [3.8, 4) is 0 Å². The average molecular weight is 247 g/mol. The molecule has 0 radical (unpaired) electrons. The maximum atomic E-state index is 11.2. The third-order valence-electron chi connectivity index (χ3n) is 2.81. The maximum absolute atomic E-state index is 11.2. The lowest BCUT2D eigenvalue weighted by molar-refractivity contribution is -0.155. The number of carbonyl (C=O) groups is 2. The number of carbonyl (C=O) groups excluding carboxylic acids is 1. The number of hydrogen-bond donors (Lipinski definition) is 1. The smallest absolute Gasteiger partial charge is 0.394 e. The monoisotopic (exact) mass is 247 g/mol. The standard InChI is InChI=1S/C13H13NO4/c1-14(12(15)13(16)17)7-6-9-8-18-11-5-3-2-4-10(9)11/h2-5,8H,6-7H2,1H3,(H,16,17). The highest BCUT2D eigenvalue weighted by Gasteiger charge is 2.17. The number of benzene rings is 1. The molecule has 1 heterocycles. The van der Waals surface area contributed by atoms with Crippen molar-refractivity contribution in [2.24, 2.45) is 0 Å². The van der Waals surface area contributed by atoms with E-state index >= 15 is 0 Å². The number of fused-ring (bicyclic) bond motifs is 1. The molecule has 2 rings (SSSR count). The normalized spacial score (nSPS) is 10.5. The predicted octanol–water partition coefficient (Wildman–Crippen LogP) is 1.52. The first-order chi connectivity index (χ1) is 8.59. The van der Waals surface area contributed by atoms with E-state index < -0.39 is 11.9 Å². The predicted molar refractivity (Wildman–Crippen MR) is 65.2 cm³/mol. The van der Waals surface area contributed by atoms with Crippen LogP contribution in [0.3, 0.4) is 0 Å². The molecular weight excluding hydrogens is 234 g/mol. The second-order valence-electron chi connectivity index (χ2n) is 4.04. The number of likely N-dealkylation sites (N-methyl/N-ethyl adjacent to an activating group) is 1. The van der Waals surface area contributed by atoms with Gasteiger partial charge in [-0.3, -0.25) is 4.79 Å². The Hall–Kier alpha value is -2.30. The van der Waals surface area contributed by atoms with Crippen LogP contribution in [0.25, 0.3) is 11.0 Å². The van der Waals surface area contributed by atoms with Gasteiger partial charge in [0, 0.05) is 19.0 Å². The van der Waals surface area contributed by atoms with E-state index in [1.165, 1.54) is 11.9 Å². The lowest BCUT2D eigenvalue weighted by Crippen LogP contribution is -2.34. The number of aliphatic carboxylic acids is 1. The van der Waals surface area contributed by atoms with Crippen LogP contribution in [0.2, 0.25) is 0 Å². The third-order valence-corrected chi connectivity index (χ3v) is 2.81. The van der Waals surface area contributed by atoms with E-state index in [1.54, 1.807) is 6.26 Å². The summed E-state index contributed by atoms with van der Waals surface area (Å²) in [6.45, 7) is 0.342. The van der Waals surface area contributed by atoms with Gasteiger partial charge in [0.05, 0.1) is 6.26 Å². The van der Waals surface area contributed by atoms with Crippen LogP contribution in [0.1, 0.15) is 5.56 Å². The molecule has 1 aromatic heterocycles. The van der Waals surface area contributed by atoms with Gasteiger partial charge in [0.1, 0.15) is 5.58 Å². The summed E-state index contributed by atoms with van der Waals surface area (Å²) in [6, 6.07) is 7.60. The molecule has 0 saturated carbocycles. The molecule has 5 nitrogen and oxygen atoms in total. The van der Waals surface area contributed by atoms with E-state index in [0.717, 1.165) is 16.5 Å². The van der Waals surface area contributed by atoms with Crippen molar-refractivity contribution in [1.82, 2.24) is 4.90 Å². The van der Waals surface area contributed by atoms with Gasteiger partial charge < -0.3 is 14.4 Å². The number of nitrogens with zero attached hydrogens (tertiary/aromatic N) is 1. The van der Waals surface area contributed by atoms with Gasteiger partial charge in [-0.2, -0.15) is 0 Å². The lowest BCUT2D eigenvalue weighted by Gasteiger charge is -2.13. The first-order valence-corrected chi connectivity index (χ1v) is 5.53. The third kappa shape index (κ3) is 2.34. The van der Waals surface area contributed by atoms with E-state index in [4.69, 9.17) is 9.52 Å². The molecule has 0 unspecified atom stereocenters. The number of furan rings is 1. The Morgan fingerprint density at radius 3 is 2.78 bits per heavy atom. The Bertz CT molecular complexity index is 587. The molecular formula is C13H13NO4. The van der Waals surface area contributed by atoms with Crippen LogP contribution in [0, 0.1) is 0 Å². The second-order valence-corrected chi connectivity index (χ2v) is 4.04. The van der Waals surface area contributed by atoms with Crippen molar-refractivity contribution in [2.45, 2.75) is 6.42 Å². The van der Waals surface area contributed by atoms with Crippen molar-refractivity contribution in [3.05, 3.63) is 36.1 Å². The Labute approximate surface area is 104 Å². The fourth-order valence-corrected chi connectivity index (χ4v) is 1.78. The highest BCUT2D eigenvalue weighted by atomic mass is 16.4. The number of para-hydroxylation sites is 1. The number of rotatable bonds is 3. The highest BCUT2D eigenvalue weighted by molar-refractivity contribution is 6.31. The summed E-state index contributed by atoms with van der Waals surface area (Å²) in [7, 11) is 1.47. The van der Waals surface area contributed by atoms with Crippen LogP contribution in [-0.4, -0.2) is 35.5 Å². The summed E-state index contributed by atoms with van der Waals surface area (Å²) in [6.07, 6.45) is 2.20. The molecule has 1 N–H and O–H groups in total. The average Bonchev–Trinajstić information content (AvgIpc) is 2.78. The summed E-state index contributed by atoms with van der Waals surface area (Å²) in [5.74, 6) is -2.34. The zero-order chi connectivity index (χ0) is 13.1. The topological polar surface area (TPSA) is 70.8 Å². The number of hydrogen-bond acceptors (Lipinski definition) is 3. The molecule has 94 valence electrons. The Morgan fingerprint density at radius 2 is 2.06 bits per heavy atom.